The molecule has 0 fully saturated rings. The molecule has 0 aliphatic carbocycles. The van der Waals surface area contributed by atoms with Crippen LogP contribution in [0.3, 0.4) is 0 Å². The number of nitrogens with zero attached hydrogens (tertiary/aromatic N) is 1. The van der Waals surface area contributed by atoms with E-state index < -0.39 is 14.0 Å². The fourth-order valence-corrected chi connectivity index (χ4v) is 3.33. The predicted molar refractivity (Wildman–Crippen MR) is 58.9 cm³/mol. The third-order valence-electron chi connectivity index (χ3n) is 1.39. The molecule has 1 aromatic carbocycles. The first-order valence-corrected chi connectivity index (χ1v) is 6.60. The molecule has 0 bridgehead atoms. The molecule has 0 amide bonds. The zero-order valence-corrected chi connectivity index (χ0v) is 10.2. The normalized spacial score (nSPS) is 11.3. The molecular weight excluding hydrogens is 344 g/mol. The monoisotopic (exact) mass is 347 g/mol. The average Bonchev–Trinajstić information content (AvgIpc) is 2.02. The Balaban J connectivity index is 3.44. The lowest BCUT2D eigenvalue weighted by molar-refractivity contribution is -0.385. The smallest absolute Gasteiger partial charge is 0.258 e. The maximum atomic E-state index is 11.0. The van der Waals surface area contributed by atoms with Gasteiger partial charge in [0.05, 0.1) is 4.92 Å². The molecule has 14 heavy (non-hydrogen) atoms. The van der Waals surface area contributed by atoms with Gasteiger partial charge in [-0.05, 0) is 28.7 Å². The highest BCUT2D eigenvalue weighted by molar-refractivity contribution is 14.1. The molecule has 0 N–H and O–H groups in total. The number of rotatable bonds is 2. The van der Waals surface area contributed by atoms with E-state index in [1.54, 1.807) is 22.6 Å². The van der Waals surface area contributed by atoms with Crippen LogP contribution in [0.4, 0.5) is 5.69 Å². The molecule has 1 rings (SSSR count). The maximum Gasteiger partial charge on any atom is 0.270 e. The second kappa shape index (κ2) is 3.99. The van der Waals surface area contributed by atoms with Crippen molar-refractivity contribution in [2.75, 3.05) is 0 Å². The molecule has 0 aromatic heterocycles. The highest BCUT2D eigenvalue weighted by Crippen LogP contribution is 2.25. The van der Waals surface area contributed by atoms with E-state index in [9.17, 15) is 18.5 Å². The Morgan fingerprint density at radius 1 is 1.43 bits per heavy atom. The summed E-state index contributed by atoms with van der Waals surface area (Å²) in [6, 6.07) is 3.48. The van der Waals surface area contributed by atoms with Crippen molar-refractivity contribution < 1.29 is 13.3 Å². The summed E-state index contributed by atoms with van der Waals surface area (Å²) in [5, 5.41) is 10.4. The number of non-ortho nitro benzene ring substituents is 1. The number of hydrogen-bond donors (Lipinski definition) is 0. The van der Waals surface area contributed by atoms with Crippen LogP contribution in [0.1, 0.15) is 0 Å². The fraction of sp³-hybridized carbons (Fsp3) is 0. The Kier molecular flexibility index (Phi) is 3.32. The summed E-state index contributed by atoms with van der Waals surface area (Å²) < 4.78 is 22.3. The number of nitro groups is 1. The van der Waals surface area contributed by atoms with Crippen molar-refractivity contribution in [2.24, 2.45) is 0 Å². The standard InChI is InChI=1S/C6H3ClINO4S/c7-14(12,13)6-3-4(9(10)11)1-2-5(6)8/h1-3H. The Morgan fingerprint density at radius 2 is 2.00 bits per heavy atom. The lowest BCUT2D eigenvalue weighted by Gasteiger charge is -1.99. The van der Waals surface area contributed by atoms with Crippen LogP contribution in [0.15, 0.2) is 23.1 Å². The quantitative estimate of drug-likeness (QED) is 0.355. The van der Waals surface area contributed by atoms with E-state index in [2.05, 4.69) is 0 Å². The van der Waals surface area contributed by atoms with Gasteiger partial charge in [0.25, 0.3) is 14.7 Å². The van der Waals surface area contributed by atoms with Crippen molar-refractivity contribution in [1.82, 2.24) is 0 Å². The molecule has 0 radical (unpaired) electrons. The Labute approximate surface area is 97.8 Å². The SMILES string of the molecule is O=[N+]([O-])c1ccc(I)c(S(=O)(=O)Cl)c1. The number of benzene rings is 1. The minimum Gasteiger partial charge on any atom is -0.258 e. The van der Waals surface area contributed by atoms with Crippen molar-refractivity contribution >= 4 is 48.0 Å². The van der Waals surface area contributed by atoms with Crippen LogP contribution < -0.4 is 0 Å². The molecule has 0 heterocycles. The van der Waals surface area contributed by atoms with Crippen molar-refractivity contribution in [1.29, 1.82) is 0 Å². The van der Waals surface area contributed by atoms with Gasteiger partial charge in [0.2, 0.25) is 0 Å². The van der Waals surface area contributed by atoms with Crippen LogP contribution >= 0.6 is 33.3 Å². The van der Waals surface area contributed by atoms with E-state index >= 15 is 0 Å². The van der Waals surface area contributed by atoms with Gasteiger partial charge in [-0.3, -0.25) is 10.1 Å². The summed E-state index contributed by atoms with van der Waals surface area (Å²) >= 11 is 1.74. The van der Waals surface area contributed by atoms with Crippen LogP contribution in [-0.4, -0.2) is 13.3 Å². The lowest BCUT2D eigenvalue weighted by Crippen LogP contribution is -1.96. The molecule has 8 heteroatoms. The topological polar surface area (TPSA) is 77.3 Å². The van der Waals surface area contributed by atoms with Crippen LogP contribution in [0, 0.1) is 13.7 Å². The summed E-state index contributed by atoms with van der Waals surface area (Å²) in [6.45, 7) is 0. The van der Waals surface area contributed by atoms with E-state index in [1.807, 2.05) is 0 Å². The van der Waals surface area contributed by atoms with Crippen LogP contribution in [0.5, 0.6) is 0 Å². The number of hydrogen-bond acceptors (Lipinski definition) is 4. The van der Waals surface area contributed by atoms with Gasteiger partial charge in [-0.15, -0.1) is 0 Å². The molecule has 0 aliphatic heterocycles. The predicted octanol–water partition coefficient (Wildman–Crippen LogP) is 2.13. The van der Waals surface area contributed by atoms with Gasteiger partial charge in [-0.25, -0.2) is 8.42 Å². The summed E-state index contributed by atoms with van der Waals surface area (Å²) in [5.74, 6) is 0. The van der Waals surface area contributed by atoms with Gasteiger partial charge in [-0.1, -0.05) is 0 Å². The van der Waals surface area contributed by atoms with E-state index in [0.29, 0.717) is 3.57 Å². The Hall–Kier alpha value is -0.410. The van der Waals surface area contributed by atoms with Gasteiger partial charge < -0.3 is 0 Å². The van der Waals surface area contributed by atoms with Gasteiger partial charge in [0.1, 0.15) is 4.90 Å². The van der Waals surface area contributed by atoms with E-state index in [1.165, 1.54) is 12.1 Å². The zero-order valence-electron chi connectivity index (χ0n) is 6.48. The number of nitro benzene ring substituents is 1. The van der Waals surface area contributed by atoms with Crippen LogP contribution in [0.25, 0.3) is 0 Å². The van der Waals surface area contributed by atoms with Crippen LogP contribution in [0.2, 0.25) is 0 Å². The van der Waals surface area contributed by atoms with Crippen molar-refractivity contribution in [2.45, 2.75) is 4.90 Å². The second-order valence-corrected chi connectivity index (χ2v) is 6.01. The van der Waals surface area contributed by atoms with Gasteiger partial charge in [0, 0.05) is 26.4 Å². The molecule has 0 unspecified atom stereocenters. The molecular formula is C6H3ClINO4S. The largest absolute Gasteiger partial charge is 0.270 e. The minimum absolute atomic E-state index is 0.242. The summed E-state index contributed by atoms with van der Waals surface area (Å²) in [7, 11) is 1.16. The molecule has 1 aromatic rings. The van der Waals surface area contributed by atoms with Crippen molar-refractivity contribution in [3.63, 3.8) is 0 Å². The van der Waals surface area contributed by atoms with E-state index in [0.717, 1.165) is 6.07 Å². The lowest BCUT2D eigenvalue weighted by atomic mass is 10.3. The van der Waals surface area contributed by atoms with Gasteiger partial charge in [-0.2, -0.15) is 0 Å². The molecule has 0 aliphatic rings. The highest BCUT2D eigenvalue weighted by Gasteiger charge is 2.18. The summed E-state index contributed by atoms with van der Waals surface area (Å²) in [5.41, 5.74) is -0.301. The molecule has 0 saturated carbocycles. The molecule has 0 saturated heterocycles. The Bertz CT molecular complexity index is 487. The highest BCUT2D eigenvalue weighted by atomic mass is 127. The van der Waals surface area contributed by atoms with Crippen molar-refractivity contribution in [3.05, 3.63) is 31.9 Å². The molecule has 5 nitrogen and oxygen atoms in total. The van der Waals surface area contributed by atoms with Crippen LogP contribution in [-0.2, 0) is 9.05 Å². The first kappa shape index (κ1) is 11.7. The first-order chi connectivity index (χ1) is 6.32. The Morgan fingerprint density at radius 3 is 2.43 bits per heavy atom. The first-order valence-electron chi connectivity index (χ1n) is 3.21. The minimum atomic E-state index is -3.93. The third kappa shape index (κ3) is 2.55. The van der Waals surface area contributed by atoms with Gasteiger partial charge in [0.15, 0.2) is 0 Å². The van der Waals surface area contributed by atoms with E-state index in [4.69, 9.17) is 10.7 Å². The van der Waals surface area contributed by atoms with E-state index in [-0.39, 0.29) is 10.6 Å². The maximum absolute atomic E-state index is 11.0. The molecule has 76 valence electrons. The third-order valence-corrected chi connectivity index (χ3v) is 4.06. The van der Waals surface area contributed by atoms with Gasteiger partial charge >= 0.3 is 0 Å². The second-order valence-electron chi connectivity index (χ2n) is 2.31. The summed E-state index contributed by atoms with van der Waals surface area (Å²) in [6.07, 6.45) is 0. The zero-order chi connectivity index (χ0) is 10.9. The molecule has 0 atom stereocenters. The number of halogens is 2. The average molecular weight is 348 g/mol. The summed E-state index contributed by atoms with van der Waals surface area (Å²) in [4.78, 5) is 9.44. The molecule has 0 spiro atoms. The fourth-order valence-electron chi connectivity index (χ4n) is 0.792. The van der Waals surface area contributed by atoms with Crippen molar-refractivity contribution in [3.8, 4) is 0 Å².